The van der Waals surface area contributed by atoms with Gasteiger partial charge in [0, 0.05) is 24.1 Å². The number of carbonyl (C=O) groups is 2. The highest BCUT2D eigenvalue weighted by molar-refractivity contribution is 8.00. The third-order valence-corrected chi connectivity index (χ3v) is 7.54. The molecule has 0 saturated heterocycles. The largest absolute Gasteiger partial charge is 0.383 e. The van der Waals surface area contributed by atoms with Gasteiger partial charge in [0.2, 0.25) is 11.8 Å². The molecule has 1 heterocycles. The van der Waals surface area contributed by atoms with E-state index in [1.165, 1.54) is 33.7 Å². The van der Waals surface area contributed by atoms with Crippen LogP contribution in [-0.2, 0) is 16.1 Å². The molecule has 0 bridgehead atoms. The lowest BCUT2D eigenvalue weighted by Crippen LogP contribution is -2.42. The molecule has 0 unspecified atom stereocenters. The first kappa shape index (κ1) is 28.0. The molecule has 4 N–H and O–H groups in total. The van der Waals surface area contributed by atoms with Crippen molar-refractivity contribution in [3.05, 3.63) is 92.6 Å². The number of nitrogens with zero attached hydrogens (tertiary/aromatic N) is 2. The van der Waals surface area contributed by atoms with Gasteiger partial charge in [-0.15, -0.1) is 11.8 Å². The SMILES string of the molecule is CC(=O)Nc1ccc(SCC(=O)N(CCC2=CCCCC2)c2c(N)n(Cc3ccccc3)c(=O)[nH]c2=O)cc1. The summed E-state index contributed by atoms with van der Waals surface area (Å²) in [5.41, 5.74) is 7.89. The van der Waals surface area contributed by atoms with Crippen LogP contribution in [0.4, 0.5) is 17.2 Å². The summed E-state index contributed by atoms with van der Waals surface area (Å²) in [6.45, 7) is 1.89. The van der Waals surface area contributed by atoms with E-state index >= 15 is 0 Å². The minimum absolute atomic E-state index is 0.00598. The van der Waals surface area contributed by atoms with E-state index in [0.717, 1.165) is 36.1 Å². The average molecular weight is 548 g/mol. The lowest BCUT2D eigenvalue weighted by molar-refractivity contribution is -0.116. The Kier molecular flexibility index (Phi) is 9.43. The average Bonchev–Trinajstić information content (AvgIpc) is 2.93. The maximum absolute atomic E-state index is 13.6. The third kappa shape index (κ3) is 7.51. The van der Waals surface area contributed by atoms with Crippen LogP contribution in [0.3, 0.4) is 0 Å². The quantitative estimate of drug-likeness (QED) is 0.258. The van der Waals surface area contributed by atoms with Crippen molar-refractivity contribution in [2.24, 2.45) is 0 Å². The second kappa shape index (κ2) is 13.1. The van der Waals surface area contributed by atoms with E-state index in [9.17, 15) is 19.2 Å². The maximum atomic E-state index is 13.6. The molecule has 1 aliphatic rings. The predicted molar refractivity (Wildman–Crippen MR) is 156 cm³/mol. The van der Waals surface area contributed by atoms with E-state index < -0.39 is 11.2 Å². The molecule has 2 amide bonds. The molecule has 0 spiro atoms. The topological polar surface area (TPSA) is 130 Å². The first-order valence-corrected chi connectivity index (χ1v) is 14.0. The smallest absolute Gasteiger partial charge is 0.330 e. The number of benzene rings is 2. The molecule has 0 atom stereocenters. The van der Waals surface area contributed by atoms with E-state index in [1.54, 1.807) is 12.1 Å². The van der Waals surface area contributed by atoms with Crippen LogP contribution in [0.2, 0.25) is 0 Å². The Morgan fingerprint density at radius 3 is 2.49 bits per heavy atom. The number of amides is 2. The van der Waals surface area contributed by atoms with Crippen molar-refractivity contribution in [1.82, 2.24) is 9.55 Å². The minimum atomic E-state index is -0.683. The lowest BCUT2D eigenvalue weighted by Gasteiger charge is -2.25. The Morgan fingerprint density at radius 2 is 1.82 bits per heavy atom. The molecule has 3 aromatic rings. The molecule has 10 heteroatoms. The Labute approximate surface area is 231 Å². The van der Waals surface area contributed by atoms with Gasteiger partial charge in [0.1, 0.15) is 5.82 Å². The first-order chi connectivity index (χ1) is 18.8. The Morgan fingerprint density at radius 1 is 1.08 bits per heavy atom. The van der Waals surface area contributed by atoms with Crippen molar-refractivity contribution < 1.29 is 9.59 Å². The summed E-state index contributed by atoms with van der Waals surface area (Å²) in [7, 11) is 0. The van der Waals surface area contributed by atoms with Crippen LogP contribution < -0.4 is 27.2 Å². The van der Waals surface area contributed by atoms with Gasteiger partial charge in [0.15, 0.2) is 5.69 Å². The fourth-order valence-corrected chi connectivity index (χ4v) is 5.34. The number of nitrogens with two attached hydrogens (primary N) is 1. The van der Waals surface area contributed by atoms with E-state index in [0.29, 0.717) is 12.1 Å². The zero-order chi connectivity index (χ0) is 27.8. The van der Waals surface area contributed by atoms with E-state index in [-0.39, 0.29) is 42.2 Å². The zero-order valence-corrected chi connectivity index (χ0v) is 22.8. The Bertz CT molecular complexity index is 1460. The van der Waals surface area contributed by atoms with E-state index in [4.69, 9.17) is 5.73 Å². The van der Waals surface area contributed by atoms with Crippen LogP contribution in [0.25, 0.3) is 0 Å². The molecule has 204 valence electrons. The number of aromatic nitrogens is 2. The lowest BCUT2D eigenvalue weighted by atomic mass is 9.97. The molecule has 4 rings (SSSR count). The number of carbonyl (C=O) groups excluding carboxylic acids is 2. The number of H-pyrrole nitrogens is 1. The second-order valence-corrected chi connectivity index (χ2v) is 10.5. The number of anilines is 3. The van der Waals surface area contributed by atoms with Gasteiger partial charge in [-0.2, -0.15) is 0 Å². The summed E-state index contributed by atoms with van der Waals surface area (Å²) in [5, 5.41) is 2.72. The molecule has 39 heavy (non-hydrogen) atoms. The Hall–Kier alpha value is -4.05. The summed E-state index contributed by atoms with van der Waals surface area (Å²) >= 11 is 1.32. The summed E-state index contributed by atoms with van der Waals surface area (Å²) in [4.78, 5) is 55.2. The third-order valence-electron chi connectivity index (χ3n) is 6.55. The fraction of sp³-hybridized carbons (Fsp3) is 0.310. The second-order valence-electron chi connectivity index (χ2n) is 9.46. The van der Waals surface area contributed by atoms with Crippen molar-refractivity contribution in [1.29, 1.82) is 0 Å². The monoisotopic (exact) mass is 547 g/mol. The number of nitrogen functional groups attached to an aromatic ring is 1. The summed E-state index contributed by atoms with van der Waals surface area (Å²) in [6.07, 6.45) is 7.07. The number of allylic oxidation sites excluding steroid dienone is 1. The number of hydrogen-bond acceptors (Lipinski definition) is 6. The van der Waals surface area contributed by atoms with Gasteiger partial charge in [-0.25, -0.2) is 4.79 Å². The summed E-state index contributed by atoms with van der Waals surface area (Å²) in [5.74, 6) is -0.423. The van der Waals surface area contributed by atoms with Gasteiger partial charge in [-0.3, -0.25) is 23.9 Å². The van der Waals surface area contributed by atoms with Crippen molar-refractivity contribution in [3.8, 4) is 0 Å². The molecule has 0 saturated carbocycles. The van der Waals surface area contributed by atoms with Crippen molar-refractivity contribution in [3.63, 3.8) is 0 Å². The molecule has 1 aliphatic carbocycles. The zero-order valence-electron chi connectivity index (χ0n) is 21.9. The van der Waals surface area contributed by atoms with Crippen LogP contribution in [0, 0.1) is 0 Å². The molecule has 1 aromatic heterocycles. The first-order valence-electron chi connectivity index (χ1n) is 13.0. The van der Waals surface area contributed by atoms with Crippen molar-refractivity contribution in [2.75, 3.05) is 28.2 Å². The van der Waals surface area contributed by atoms with E-state index in [2.05, 4.69) is 16.4 Å². The van der Waals surface area contributed by atoms with Crippen molar-refractivity contribution >= 4 is 40.8 Å². The highest BCUT2D eigenvalue weighted by atomic mass is 32.2. The number of rotatable bonds is 10. The van der Waals surface area contributed by atoms with Gasteiger partial charge in [0.05, 0.1) is 12.3 Å². The normalized spacial score (nSPS) is 13.0. The predicted octanol–water partition coefficient (Wildman–Crippen LogP) is 4.14. The fourth-order valence-electron chi connectivity index (χ4n) is 4.57. The Balaban J connectivity index is 1.60. The maximum Gasteiger partial charge on any atom is 0.330 e. The van der Waals surface area contributed by atoms with Crippen LogP contribution >= 0.6 is 11.8 Å². The van der Waals surface area contributed by atoms with Gasteiger partial charge in [-0.05, 0) is 61.9 Å². The van der Waals surface area contributed by atoms with Gasteiger partial charge in [-0.1, -0.05) is 42.0 Å². The molecule has 0 aliphatic heterocycles. The molecule has 2 aromatic carbocycles. The minimum Gasteiger partial charge on any atom is -0.383 e. The molecular formula is C29H33N5O4S. The summed E-state index contributed by atoms with van der Waals surface area (Å²) in [6, 6.07) is 16.5. The summed E-state index contributed by atoms with van der Waals surface area (Å²) < 4.78 is 1.29. The standard InChI is InChI=1S/C29H33N5O4S/c1-20(35)31-23-12-14-24(15-13-23)39-19-25(36)33(17-16-21-8-4-2-5-9-21)26-27(30)34(29(38)32-28(26)37)18-22-10-6-3-7-11-22/h3,6-8,10-15H,2,4-5,9,16-19,30H2,1H3,(H,31,35)(H,32,37,38). The van der Waals surface area contributed by atoms with Crippen LogP contribution in [0.15, 0.2) is 80.7 Å². The van der Waals surface area contributed by atoms with Gasteiger partial charge >= 0.3 is 5.69 Å². The molecule has 0 radical (unpaired) electrons. The molecule has 0 fully saturated rings. The van der Waals surface area contributed by atoms with Gasteiger partial charge in [0.25, 0.3) is 5.56 Å². The molecular weight excluding hydrogens is 514 g/mol. The van der Waals surface area contributed by atoms with Crippen molar-refractivity contribution in [2.45, 2.75) is 50.5 Å². The van der Waals surface area contributed by atoms with Gasteiger partial charge < -0.3 is 16.0 Å². The number of hydrogen-bond donors (Lipinski definition) is 3. The number of nitrogens with one attached hydrogen (secondary N) is 2. The van der Waals surface area contributed by atoms with E-state index in [1.807, 2.05) is 42.5 Å². The number of aromatic amines is 1. The highest BCUT2D eigenvalue weighted by Gasteiger charge is 2.25. The van der Waals surface area contributed by atoms with Crippen LogP contribution in [-0.4, -0.2) is 33.7 Å². The van der Waals surface area contributed by atoms with Crippen LogP contribution in [0.5, 0.6) is 0 Å². The number of thioether (sulfide) groups is 1. The highest BCUT2D eigenvalue weighted by Crippen LogP contribution is 2.26. The molecule has 9 nitrogen and oxygen atoms in total. The van der Waals surface area contributed by atoms with Crippen LogP contribution in [0.1, 0.15) is 44.6 Å².